The summed E-state index contributed by atoms with van der Waals surface area (Å²) in [5, 5.41) is 0. The second-order valence-electron chi connectivity index (χ2n) is 5.56. The van der Waals surface area contributed by atoms with Gasteiger partial charge in [-0.2, -0.15) is 0 Å². The zero-order chi connectivity index (χ0) is 14.1. The van der Waals surface area contributed by atoms with Gasteiger partial charge in [-0.05, 0) is 50.5 Å². The van der Waals surface area contributed by atoms with Crippen molar-refractivity contribution < 1.29 is 4.79 Å². The Balaban J connectivity index is 2.03. The first-order valence-electron chi connectivity index (χ1n) is 7.15. The number of rotatable bonds is 1. The van der Waals surface area contributed by atoms with Gasteiger partial charge in [0.05, 0.1) is 0 Å². The fourth-order valence-electron chi connectivity index (χ4n) is 2.91. The highest BCUT2D eigenvalue weighted by Gasteiger charge is 2.28. The first-order valence-corrected chi connectivity index (χ1v) is 7.15. The SMILES string of the molecule is Cc1ccc2c(c1)CCC(C)N2C(=O)c1ccccc1. The summed E-state index contributed by atoms with van der Waals surface area (Å²) in [4.78, 5) is 14.7. The zero-order valence-electron chi connectivity index (χ0n) is 12.0. The first-order chi connectivity index (χ1) is 9.66. The molecule has 0 aromatic heterocycles. The second kappa shape index (κ2) is 5.12. The highest BCUT2D eigenvalue weighted by Crippen LogP contribution is 2.32. The summed E-state index contributed by atoms with van der Waals surface area (Å²) in [6, 6.07) is 16.2. The lowest BCUT2D eigenvalue weighted by Gasteiger charge is -2.35. The van der Waals surface area contributed by atoms with Gasteiger partial charge in [-0.25, -0.2) is 0 Å². The predicted octanol–water partition coefficient (Wildman–Crippen LogP) is 3.98. The maximum atomic E-state index is 12.8. The molecule has 102 valence electrons. The number of fused-ring (bicyclic) bond motifs is 1. The molecule has 1 atom stereocenters. The molecule has 3 rings (SSSR count). The molecule has 2 nitrogen and oxygen atoms in total. The van der Waals surface area contributed by atoms with Gasteiger partial charge >= 0.3 is 0 Å². The van der Waals surface area contributed by atoms with E-state index in [9.17, 15) is 4.79 Å². The number of anilines is 1. The summed E-state index contributed by atoms with van der Waals surface area (Å²) < 4.78 is 0. The third kappa shape index (κ3) is 2.22. The Hall–Kier alpha value is -2.09. The largest absolute Gasteiger partial charge is 0.305 e. The lowest BCUT2D eigenvalue weighted by Crippen LogP contribution is -2.42. The van der Waals surface area contributed by atoms with Crippen molar-refractivity contribution in [2.75, 3.05) is 4.90 Å². The number of hydrogen-bond acceptors (Lipinski definition) is 1. The average Bonchev–Trinajstić information content (AvgIpc) is 2.48. The lowest BCUT2D eigenvalue weighted by atomic mass is 9.94. The van der Waals surface area contributed by atoms with Crippen molar-refractivity contribution in [2.24, 2.45) is 0 Å². The summed E-state index contributed by atoms with van der Waals surface area (Å²) in [6.07, 6.45) is 2.08. The van der Waals surface area contributed by atoms with Crippen LogP contribution < -0.4 is 4.90 Å². The van der Waals surface area contributed by atoms with Crippen LogP contribution in [0.25, 0.3) is 0 Å². The van der Waals surface area contributed by atoms with E-state index in [0.29, 0.717) is 0 Å². The maximum Gasteiger partial charge on any atom is 0.258 e. The third-order valence-corrected chi connectivity index (χ3v) is 4.01. The normalized spacial score (nSPS) is 17.7. The van der Waals surface area contributed by atoms with E-state index >= 15 is 0 Å². The summed E-state index contributed by atoms with van der Waals surface area (Å²) >= 11 is 0. The minimum Gasteiger partial charge on any atom is -0.305 e. The fraction of sp³-hybridized carbons (Fsp3) is 0.278. The quantitative estimate of drug-likeness (QED) is 0.764. The number of carbonyl (C=O) groups excluding carboxylic acids is 1. The molecular formula is C18H19NO. The predicted molar refractivity (Wildman–Crippen MR) is 82.2 cm³/mol. The molecule has 0 N–H and O–H groups in total. The van der Waals surface area contributed by atoms with Crippen LogP contribution in [0.4, 0.5) is 5.69 Å². The Morgan fingerprint density at radius 1 is 1.15 bits per heavy atom. The summed E-state index contributed by atoms with van der Waals surface area (Å²) in [5.74, 6) is 0.0999. The molecule has 2 aromatic carbocycles. The minimum absolute atomic E-state index is 0.0999. The van der Waals surface area contributed by atoms with Gasteiger partial charge in [-0.1, -0.05) is 35.9 Å². The molecule has 2 aromatic rings. The highest BCUT2D eigenvalue weighted by atomic mass is 16.2. The standard InChI is InChI=1S/C18H19NO/c1-13-8-11-17-16(12-13)10-9-14(2)19(17)18(20)15-6-4-3-5-7-15/h3-8,11-12,14H,9-10H2,1-2H3. The molecule has 2 heteroatoms. The molecule has 0 aliphatic carbocycles. The summed E-state index contributed by atoms with van der Waals surface area (Å²) in [6.45, 7) is 4.23. The van der Waals surface area contributed by atoms with Gasteiger partial charge in [0.1, 0.15) is 0 Å². The molecule has 20 heavy (non-hydrogen) atoms. The number of hydrogen-bond donors (Lipinski definition) is 0. The lowest BCUT2D eigenvalue weighted by molar-refractivity contribution is 0.0975. The minimum atomic E-state index is 0.0999. The first kappa shape index (κ1) is 12.9. The van der Waals surface area contributed by atoms with Crippen molar-refractivity contribution in [3.05, 3.63) is 65.2 Å². The van der Waals surface area contributed by atoms with E-state index in [0.717, 1.165) is 24.1 Å². The van der Waals surface area contributed by atoms with Crippen LogP contribution in [0.2, 0.25) is 0 Å². The van der Waals surface area contributed by atoms with Crippen LogP contribution in [0, 0.1) is 6.92 Å². The maximum absolute atomic E-state index is 12.8. The van der Waals surface area contributed by atoms with Crippen LogP contribution in [0.15, 0.2) is 48.5 Å². The van der Waals surface area contributed by atoms with E-state index in [-0.39, 0.29) is 11.9 Å². The van der Waals surface area contributed by atoms with Crippen molar-refractivity contribution in [1.82, 2.24) is 0 Å². The van der Waals surface area contributed by atoms with Crippen LogP contribution in [0.5, 0.6) is 0 Å². The fourth-order valence-corrected chi connectivity index (χ4v) is 2.91. The Labute approximate surface area is 120 Å². The van der Waals surface area contributed by atoms with E-state index in [2.05, 4.69) is 32.0 Å². The molecule has 0 saturated carbocycles. The van der Waals surface area contributed by atoms with Crippen molar-refractivity contribution in [3.8, 4) is 0 Å². The average molecular weight is 265 g/mol. The summed E-state index contributed by atoms with van der Waals surface area (Å²) in [5.41, 5.74) is 4.37. The highest BCUT2D eigenvalue weighted by molar-refractivity contribution is 6.07. The Morgan fingerprint density at radius 3 is 2.65 bits per heavy atom. The molecule has 1 heterocycles. The number of carbonyl (C=O) groups is 1. The number of aryl methyl sites for hydroxylation is 2. The Bertz CT molecular complexity index is 633. The van der Waals surface area contributed by atoms with E-state index in [4.69, 9.17) is 0 Å². The Kier molecular flexibility index (Phi) is 3.31. The van der Waals surface area contributed by atoms with Gasteiger partial charge in [0, 0.05) is 17.3 Å². The van der Waals surface area contributed by atoms with E-state index in [1.54, 1.807) is 0 Å². The van der Waals surface area contributed by atoms with Crippen molar-refractivity contribution in [1.29, 1.82) is 0 Å². The number of amides is 1. The van der Waals surface area contributed by atoms with Crippen LogP contribution in [-0.4, -0.2) is 11.9 Å². The molecule has 1 unspecified atom stereocenters. The monoisotopic (exact) mass is 265 g/mol. The smallest absolute Gasteiger partial charge is 0.258 e. The van der Waals surface area contributed by atoms with E-state index in [1.165, 1.54) is 11.1 Å². The van der Waals surface area contributed by atoms with Gasteiger partial charge in [-0.15, -0.1) is 0 Å². The molecule has 1 amide bonds. The number of nitrogens with zero attached hydrogens (tertiary/aromatic N) is 1. The van der Waals surface area contributed by atoms with Gasteiger partial charge < -0.3 is 4.90 Å². The van der Waals surface area contributed by atoms with Crippen molar-refractivity contribution in [2.45, 2.75) is 32.7 Å². The molecule has 0 saturated heterocycles. The van der Waals surface area contributed by atoms with Crippen molar-refractivity contribution in [3.63, 3.8) is 0 Å². The molecule has 1 aliphatic heterocycles. The van der Waals surface area contributed by atoms with Gasteiger partial charge in [0.2, 0.25) is 0 Å². The van der Waals surface area contributed by atoms with Gasteiger partial charge in [0.25, 0.3) is 5.91 Å². The molecule has 0 spiro atoms. The van der Waals surface area contributed by atoms with Crippen LogP contribution in [0.3, 0.4) is 0 Å². The summed E-state index contributed by atoms with van der Waals surface area (Å²) in [7, 11) is 0. The molecular weight excluding hydrogens is 246 g/mol. The van der Waals surface area contributed by atoms with Crippen LogP contribution in [-0.2, 0) is 6.42 Å². The van der Waals surface area contributed by atoms with Gasteiger partial charge in [-0.3, -0.25) is 4.79 Å². The Morgan fingerprint density at radius 2 is 1.90 bits per heavy atom. The molecule has 0 fully saturated rings. The van der Waals surface area contributed by atoms with E-state index in [1.807, 2.05) is 35.2 Å². The van der Waals surface area contributed by atoms with Crippen LogP contribution >= 0.6 is 0 Å². The van der Waals surface area contributed by atoms with Crippen molar-refractivity contribution >= 4 is 11.6 Å². The molecule has 0 bridgehead atoms. The second-order valence-corrected chi connectivity index (χ2v) is 5.56. The third-order valence-electron chi connectivity index (χ3n) is 4.01. The molecule has 0 radical (unpaired) electrons. The van der Waals surface area contributed by atoms with Crippen LogP contribution in [0.1, 0.15) is 34.8 Å². The zero-order valence-corrected chi connectivity index (χ0v) is 12.0. The number of benzene rings is 2. The molecule has 1 aliphatic rings. The van der Waals surface area contributed by atoms with Gasteiger partial charge in [0.15, 0.2) is 0 Å². The van der Waals surface area contributed by atoms with E-state index < -0.39 is 0 Å². The topological polar surface area (TPSA) is 20.3 Å².